The maximum absolute atomic E-state index is 7.72. The van der Waals surface area contributed by atoms with Crippen molar-refractivity contribution >= 4 is 27.8 Å². The lowest BCUT2D eigenvalue weighted by atomic mass is 9.70. The van der Waals surface area contributed by atoms with Crippen LogP contribution in [-0.4, -0.2) is 0 Å². The largest absolute Gasteiger partial charge is 0.453 e. The second-order valence-electron chi connectivity index (χ2n) is 19.9. The standard InChI is InChI=1S/C68H45NO/c1-67(2)58-29-12-8-22-48(58)52-36-34-45(40-62(52)67)69(46-35-37-53-51-25-11-15-32-61(51)68(63(53)41-46)59-30-13-9-23-49(59)50-24-10-14-31-60(50)68)64-33-17-28-55-57-39-44-21-7-6-20-43(44)38-56(57)54-27-16-26-47(65(54)70-66(55)64)42-18-4-3-5-19-42/h3-41H,1-2H3. The van der Waals surface area contributed by atoms with E-state index in [1.54, 1.807) is 0 Å². The molecule has 0 saturated heterocycles. The Bertz CT molecular complexity index is 3960. The Morgan fingerprint density at radius 3 is 1.33 bits per heavy atom. The van der Waals surface area contributed by atoms with Crippen molar-refractivity contribution in [3.63, 3.8) is 0 Å². The minimum atomic E-state index is -0.504. The molecule has 0 atom stereocenters. The molecule has 1 aliphatic heterocycles. The highest BCUT2D eigenvalue weighted by atomic mass is 16.5. The maximum Gasteiger partial charge on any atom is 0.159 e. The average molecular weight is 892 g/mol. The van der Waals surface area contributed by atoms with E-state index in [0.717, 1.165) is 61.9 Å². The summed E-state index contributed by atoms with van der Waals surface area (Å²) in [4.78, 5) is 2.48. The number of benzene rings is 11. The first-order valence-electron chi connectivity index (χ1n) is 24.5. The van der Waals surface area contributed by atoms with Crippen LogP contribution in [-0.2, 0) is 10.8 Å². The molecular weight excluding hydrogens is 847 g/mol. The quantitative estimate of drug-likeness (QED) is 0.175. The SMILES string of the molecule is CC1(C)c2ccccc2-c2ccc(N(c3ccc4c(c3)C3(c5ccccc5-c5ccccc53)c3ccccc3-4)c3cccc4c3Oc3c(-c5ccccc5)cccc3-c3cc5ccccc5cc3-4)cc21. The average Bonchev–Trinajstić information content (AvgIpc) is 3.92. The second-order valence-corrected chi connectivity index (χ2v) is 19.9. The monoisotopic (exact) mass is 891 g/mol. The zero-order chi connectivity index (χ0) is 46.3. The molecule has 0 saturated carbocycles. The molecule has 2 heteroatoms. The van der Waals surface area contributed by atoms with Gasteiger partial charge < -0.3 is 9.64 Å². The molecule has 1 heterocycles. The van der Waals surface area contributed by atoms with Crippen LogP contribution in [0.3, 0.4) is 0 Å². The summed E-state index contributed by atoms with van der Waals surface area (Å²) in [5.41, 5.74) is 24.7. The van der Waals surface area contributed by atoms with Gasteiger partial charge in [0.1, 0.15) is 5.75 Å². The van der Waals surface area contributed by atoms with E-state index in [-0.39, 0.29) is 5.41 Å². The van der Waals surface area contributed by atoms with E-state index in [1.807, 2.05) is 0 Å². The predicted octanol–water partition coefficient (Wildman–Crippen LogP) is 18.1. The topological polar surface area (TPSA) is 12.5 Å². The first-order chi connectivity index (χ1) is 34.5. The minimum absolute atomic E-state index is 0.206. The lowest BCUT2D eigenvalue weighted by molar-refractivity contribution is 0.490. The van der Waals surface area contributed by atoms with Gasteiger partial charge in [-0.05, 0) is 137 Å². The van der Waals surface area contributed by atoms with Crippen molar-refractivity contribution in [1.82, 2.24) is 0 Å². The molecule has 2 nitrogen and oxygen atoms in total. The van der Waals surface area contributed by atoms with E-state index in [9.17, 15) is 0 Å². The zero-order valence-electron chi connectivity index (χ0n) is 38.9. The van der Waals surface area contributed by atoms with Crippen molar-refractivity contribution in [3.8, 4) is 78.3 Å². The summed E-state index contributed by atoms with van der Waals surface area (Å²) in [6, 6.07) is 88.0. The van der Waals surface area contributed by atoms with Gasteiger partial charge >= 0.3 is 0 Å². The van der Waals surface area contributed by atoms with Crippen LogP contribution in [0.2, 0.25) is 0 Å². The Morgan fingerprint density at radius 1 is 0.300 bits per heavy atom. The number of hydrogen-bond acceptors (Lipinski definition) is 2. The summed E-state index contributed by atoms with van der Waals surface area (Å²) in [6.45, 7) is 4.75. The normalized spacial score (nSPS) is 14.2. The fourth-order valence-electron chi connectivity index (χ4n) is 13.0. The van der Waals surface area contributed by atoms with Crippen LogP contribution in [0, 0.1) is 0 Å². The Kier molecular flexibility index (Phi) is 8.08. The molecule has 4 aliphatic rings. The molecule has 3 aliphatic carbocycles. The first-order valence-corrected chi connectivity index (χ1v) is 24.5. The highest BCUT2D eigenvalue weighted by Crippen LogP contribution is 2.64. The third-order valence-electron chi connectivity index (χ3n) is 16.1. The fourth-order valence-corrected chi connectivity index (χ4v) is 13.0. The molecule has 328 valence electrons. The smallest absolute Gasteiger partial charge is 0.159 e. The number of ether oxygens (including phenoxy) is 1. The Hall–Kier alpha value is -8.72. The lowest BCUT2D eigenvalue weighted by Crippen LogP contribution is -2.26. The molecule has 0 aromatic heterocycles. The number of hydrogen-bond donors (Lipinski definition) is 0. The van der Waals surface area contributed by atoms with E-state index in [1.165, 1.54) is 77.5 Å². The first kappa shape index (κ1) is 39.3. The van der Waals surface area contributed by atoms with Crippen molar-refractivity contribution in [2.24, 2.45) is 0 Å². The summed E-state index contributed by atoms with van der Waals surface area (Å²) < 4.78 is 7.72. The molecule has 0 amide bonds. The lowest BCUT2D eigenvalue weighted by Gasteiger charge is -2.33. The van der Waals surface area contributed by atoms with Crippen LogP contribution in [0.25, 0.3) is 77.5 Å². The third kappa shape index (κ3) is 5.23. The van der Waals surface area contributed by atoms with Gasteiger partial charge in [0.2, 0.25) is 0 Å². The van der Waals surface area contributed by atoms with Crippen LogP contribution in [0.1, 0.15) is 47.2 Å². The summed E-state index contributed by atoms with van der Waals surface area (Å²) in [5.74, 6) is 1.67. The van der Waals surface area contributed by atoms with Crippen molar-refractivity contribution in [2.45, 2.75) is 24.7 Å². The van der Waals surface area contributed by atoms with Crippen molar-refractivity contribution < 1.29 is 4.74 Å². The fraction of sp³-hybridized carbons (Fsp3) is 0.0588. The molecule has 11 aromatic rings. The van der Waals surface area contributed by atoms with Gasteiger partial charge in [0.15, 0.2) is 5.75 Å². The summed E-state index contributed by atoms with van der Waals surface area (Å²) in [7, 11) is 0. The molecule has 1 spiro atoms. The van der Waals surface area contributed by atoms with Gasteiger partial charge in [-0.2, -0.15) is 0 Å². The molecular formula is C68H45NO. The number of anilines is 3. The van der Waals surface area contributed by atoms with Crippen LogP contribution in [0.15, 0.2) is 237 Å². The summed E-state index contributed by atoms with van der Waals surface area (Å²) in [5, 5.41) is 2.39. The van der Waals surface area contributed by atoms with Crippen LogP contribution in [0.4, 0.5) is 17.1 Å². The second kappa shape index (κ2) is 14.4. The highest BCUT2D eigenvalue weighted by molar-refractivity contribution is 6.04. The molecule has 0 N–H and O–H groups in total. The van der Waals surface area contributed by atoms with E-state index in [0.29, 0.717) is 0 Å². The number of fused-ring (bicyclic) bond motifs is 19. The number of para-hydroxylation sites is 2. The molecule has 0 fully saturated rings. The Morgan fingerprint density at radius 2 is 0.729 bits per heavy atom. The Balaban J connectivity index is 1.03. The summed E-state index contributed by atoms with van der Waals surface area (Å²) in [6.07, 6.45) is 0. The maximum atomic E-state index is 7.72. The Labute approximate surface area is 408 Å². The van der Waals surface area contributed by atoms with Crippen LogP contribution in [0.5, 0.6) is 11.5 Å². The van der Waals surface area contributed by atoms with Gasteiger partial charge in [-0.25, -0.2) is 0 Å². The van der Waals surface area contributed by atoms with E-state index in [2.05, 4.69) is 255 Å². The van der Waals surface area contributed by atoms with Gasteiger partial charge in [0.05, 0.1) is 11.1 Å². The number of nitrogens with zero attached hydrogens (tertiary/aromatic N) is 1. The molecule has 0 unspecified atom stereocenters. The van der Waals surface area contributed by atoms with Crippen molar-refractivity contribution in [2.75, 3.05) is 4.90 Å². The van der Waals surface area contributed by atoms with Gasteiger partial charge in [0, 0.05) is 33.5 Å². The molecule has 15 rings (SSSR count). The summed E-state index contributed by atoms with van der Waals surface area (Å²) >= 11 is 0. The van der Waals surface area contributed by atoms with Gasteiger partial charge in [-0.3, -0.25) is 0 Å². The van der Waals surface area contributed by atoms with Crippen LogP contribution >= 0.6 is 0 Å². The van der Waals surface area contributed by atoms with E-state index >= 15 is 0 Å². The molecule has 0 radical (unpaired) electrons. The third-order valence-corrected chi connectivity index (χ3v) is 16.1. The van der Waals surface area contributed by atoms with Gasteiger partial charge in [-0.1, -0.05) is 208 Å². The zero-order valence-corrected chi connectivity index (χ0v) is 38.9. The van der Waals surface area contributed by atoms with E-state index < -0.39 is 5.41 Å². The molecule has 70 heavy (non-hydrogen) atoms. The molecule has 11 aromatic carbocycles. The minimum Gasteiger partial charge on any atom is -0.453 e. The van der Waals surface area contributed by atoms with Gasteiger partial charge in [-0.15, -0.1) is 0 Å². The van der Waals surface area contributed by atoms with Crippen LogP contribution < -0.4 is 9.64 Å². The predicted molar refractivity (Wildman–Crippen MR) is 289 cm³/mol. The van der Waals surface area contributed by atoms with E-state index in [4.69, 9.17) is 4.74 Å². The molecule has 0 bridgehead atoms. The van der Waals surface area contributed by atoms with Crippen molar-refractivity contribution in [1.29, 1.82) is 0 Å². The highest BCUT2D eigenvalue weighted by Gasteiger charge is 2.52. The van der Waals surface area contributed by atoms with Crippen molar-refractivity contribution in [3.05, 3.63) is 270 Å². The van der Waals surface area contributed by atoms with Gasteiger partial charge in [0.25, 0.3) is 0 Å². The number of rotatable bonds is 4.